The second kappa shape index (κ2) is 8.61. The molecule has 3 aromatic carbocycles. The summed E-state index contributed by atoms with van der Waals surface area (Å²) in [5, 5.41) is 4.91. The highest BCUT2D eigenvalue weighted by Crippen LogP contribution is 2.61. The third-order valence-electron chi connectivity index (χ3n) is 8.02. The number of Topliss-reactive ketones (excluding diaryl/α,β-unsaturated/α-hetero) is 2. The molecule has 1 N–H and O–H groups in total. The lowest BCUT2D eigenvalue weighted by molar-refractivity contribution is -0.122. The monoisotopic (exact) mass is 580 g/mol. The number of benzene rings is 3. The quantitative estimate of drug-likeness (QED) is 0.280. The number of halogens is 1. The zero-order valence-electron chi connectivity index (χ0n) is 20.0. The first-order valence-corrected chi connectivity index (χ1v) is 14.0. The summed E-state index contributed by atoms with van der Waals surface area (Å²) in [4.78, 5) is 45.9. The number of thiophene rings is 1. The number of fused-ring (bicyclic) bond motifs is 5. The molecule has 38 heavy (non-hydrogen) atoms. The zero-order valence-corrected chi connectivity index (χ0v) is 22.4. The van der Waals surface area contributed by atoms with Crippen molar-refractivity contribution >= 4 is 56.5 Å². The van der Waals surface area contributed by atoms with E-state index >= 15 is 0 Å². The summed E-state index contributed by atoms with van der Waals surface area (Å²) in [6.45, 7) is 0. The van der Waals surface area contributed by atoms with E-state index in [1.54, 1.807) is 18.2 Å². The maximum absolute atomic E-state index is 14.5. The van der Waals surface area contributed by atoms with Crippen LogP contribution in [0.25, 0.3) is 6.08 Å². The summed E-state index contributed by atoms with van der Waals surface area (Å²) < 4.78 is 0.856. The molecule has 1 amide bonds. The Labute approximate surface area is 231 Å². The van der Waals surface area contributed by atoms with Gasteiger partial charge in [-0.15, -0.1) is 11.3 Å². The van der Waals surface area contributed by atoms with Gasteiger partial charge in [0.25, 0.3) is 0 Å². The van der Waals surface area contributed by atoms with Crippen molar-refractivity contribution in [2.75, 3.05) is 5.32 Å². The number of hydrogen-bond donors (Lipinski definition) is 1. The molecule has 0 radical (unpaired) electrons. The van der Waals surface area contributed by atoms with Crippen molar-refractivity contribution in [2.45, 2.75) is 17.5 Å². The second-order valence-corrected chi connectivity index (χ2v) is 11.7. The Morgan fingerprint density at radius 3 is 2.45 bits per heavy atom. The molecule has 5 nitrogen and oxygen atoms in total. The topological polar surface area (TPSA) is 66.5 Å². The minimum Gasteiger partial charge on any atom is -0.358 e. The lowest BCUT2D eigenvalue weighted by Gasteiger charge is -2.35. The Kier molecular flexibility index (Phi) is 5.29. The number of hydrogen-bond acceptors (Lipinski definition) is 5. The van der Waals surface area contributed by atoms with Gasteiger partial charge in [0.2, 0.25) is 5.91 Å². The molecule has 0 aliphatic carbocycles. The van der Waals surface area contributed by atoms with Crippen molar-refractivity contribution in [2.24, 2.45) is 5.92 Å². The Balaban J connectivity index is 1.54. The third kappa shape index (κ3) is 3.12. The van der Waals surface area contributed by atoms with Crippen LogP contribution in [0.5, 0.6) is 0 Å². The average Bonchev–Trinajstić information content (AvgIpc) is 3.65. The van der Waals surface area contributed by atoms with Crippen molar-refractivity contribution in [3.63, 3.8) is 0 Å². The fraction of sp³-hybridized carbons (Fsp3) is 0.129. The van der Waals surface area contributed by atoms with Crippen molar-refractivity contribution in [3.8, 4) is 0 Å². The van der Waals surface area contributed by atoms with E-state index in [0.29, 0.717) is 21.7 Å². The van der Waals surface area contributed by atoms with Gasteiger partial charge in [-0.1, -0.05) is 76.6 Å². The number of amides is 1. The molecule has 4 unspecified atom stereocenters. The first-order valence-electron chi connectivity index (χ1n) is 12.3. The predicted molar refractivity (Wildman–Crippen MR) is 151 cm³/mol. The molecule has 0 saturated carbocycles. The van der Waals surface area contributed by atoms with Gasteiger partial charge in [-0.2, -0.15) is 0 Å². The zero-order chi connectivity index (χ0) is 26.0. The fourth-order valence-electron chi connectivity index (χ4n) is 6.52. The standard InChI is InChI=1S/C31H21BrN2O3S/c32-20-13-11-19(12-14-20)27(35)29-31(22-8-3-4-9-23(22)33-30(31)37)25(28(36)24-10-5-17-38-24)26-21-7-2-1-6-18(21)15-16-34(26)29/h1-17,25-26,29H,(H,33,37). The highest BCUT2D eigenvalue weighted by molar-refractivity contribution is 9.10. The number of nitrogens with one attached hydrogen (secondary N) is 1. The number of para-hydroxylation sites is 1. The van der Waals surface area contributed by atoms with Crippen LogP contribution in [-0.4, -0.2) is 28.4 Å². The Bertz CT molecular complexity index is 1650. The molecule has 4 aromatic rings. The van der Waals surface area contributed by atoms with E-state index in [0.717, 1.165) is 15.6 Å². The predicted octanol–water partition coefficient (Wildman–Crippen LogP) is 6.49. The van der Waals surface area contributed by atoms with Gasteiger partial charge in [0.1, 0.15) is 11.5 Å². The molecule has 1 fully saturated rings. The Morgan fingerprint density at radius 2 is 1.66 bits per heavy atom. The minimum absolute atomic E-state index is 0.127. The number of ketones is 2. The van der Waals surface area contributed by atoms with Crippen LogP contribution in [0, 0.1) is 5.92 Å². The minimum atomic E-state index is -1.42. The SMILES string of the molecule is O=C(c1cccs1)C1C2c3ccccc3C=CN2C(C(=O)c2ccc(Br)cc2)C12C(=O)Nc1ccccc12. The summed E-state index contributed by atoms with van der Waals surface area (Å²) in [7, 11) is 0. The van der Waals surface area contributed by atoms with Gasteiger partial charge in [0, 0.05) is 21.9 Å². The lowest BCUT2D eigenvalue weighted by atomic mass is 9.63. The molecule has 0 bridgehead atoms. The summed E-state index contributed by atoms with van der Waals surface area (Å²) >= 11 is 4.82. The molecule has 7 heteroatoms. The van der Waals surface area contributed by atoms with Gasteiger partial charge in [-0.3, -0.25) is 14.4 Å². The lowest BCUT2D eigenvalue weighted by Crippen LogP contribution is -2.54. The second-order valence-electron chi connectivity index (χ2n) is 9.80. The Morgan fingerprint density at radius 1 is 0.895 bits per heavy atom. The van der Waals surface area contributed by atoms with Gasteiger partial charge in [-0.25, -0.2) is 0 Å². The van der Waals surface area contributed by atoms with Crippen LogP contribution in [0.4, 0.5) is 5.69 Å². The van der Waals surface area contributed by atoms with Crippen LogP contribution in [0.15, 0.2) is 101 Å². The fourth-order valence-corrected chi connectivity index (χ4v) is 7.49. The van der Waals surface area contributed by atoms with Gasteiger partial charge < -0.3 is 10.2 Å². The van der Waals surface area contributed by atoms with Crippen LogP contribution in [0.2, 0.25) is 0 Å². The molecule has 7 rings (SSSR count). The van der Waals surface area contributed by atoms with Crippen LogP contribution in [-0.2, 0) is 10.2 Å². The van der Waals surface area contributed by atoms with E-state index in [4.69, 9.17) is 0 Å². The molecule has 3 aliphatic heterocycles. The van der Waals surface area contributed by atoms with Gasteiger partial charge in [0.15, 0.2) is 11.6 Å². The van der Waals surface area contributed by atoms with E-state index in [2.05, 4.69) is 21.2 Å². The normalized spacial score (nSPS) is 24.6. The molecule has 3 aliphatic rings. The van der Waals surface area contributed by atoms with E-state index in [1.165, 1.54) is 11.3 Å². The highest BCUT2D eigenvalue weighted by atomic mass is 79.9. The third-order valence-corrected chi connectivity index (χ3v) is 9.43. The van der Waals surface area contributed by atoms with Crippen LogP contribution in [0.3, 0.4) is 0 Å². The van der Waals surface area contributed by atoms with Crippen LogP contribution < -0.4 is 5.32 Å². The van der Waals surface area contributed by atoms with Crippen molar-refractivity contribution in [1.82, 2.24) is 4.90 Å². The molecule has 4 atom stereocenters. The largest absolute Gasteiger partial charge is 0.358 e. The van der Waals surface area contributed by atoms with E-state index in [9.17, 15) is 14.4 Å². The van der Waals surface area contributed by atoms with Gasteiger partial charge in [-0.05, 0) is 52.4 Å². The molecule has 1 saturated heterocycles. The molecular formula is C31H21BrN2O3S. The highest BCUT2D eigenvalue weighted by Gasteiger charge is 2.71. The Hall–Kier alpha value is -3.81. The van der Waals surface area contributed by atoms with Crippen LogP contribution in [0.1, 0.15) is 42.8 Å². The maximum atomic E-state index is 14.5. The maximum Gasteiger partial charge on any atom is 0.238 e. The molecule has 186 valence electrons. The first-order chi connectivity index (χ1) is 18.5. The van der Waals surface area contributed by atoms with E-state index in [1.807, 2.05) is 89.3 Å². The number of carbonyl (C=O) groups excluding carboxylic acids is 3. The van der Waals surface area contributed by atoms with Gasteiger partial charge >= 0.3 is 0 Å². The summed E-state index contributed by atoms with van der Waals surface area (Å²) in [6, 6.07) is 24.8. The van der Waals surface area contributed by atoms with E-state index < -0.39 is 23.4 Å². The molecular weight excluding hydrogens is 560 g/mol. The summed E-state index contributed by atoms with van der Waals surface area (Å²) in [6.07, 6.45) is 3.87. The smallest absolute Gasteiger partial charge is 0.238 e. The molecule has 4 heterocycles. The van der Waals surface area contributed by atoms with Crippen molar-refractivity contribution < 1.29 is 14.4 Å². The summed E-state index contributed by atoms with van der Waals surface area (Å²) in [5.74, 6) is -1.46. The molecule has 1 spiro atoms. The van der Waals surface area contributed by atoms with E-state index in [-0.39, 0.29) is 17.5 Å². The number of rotatable bonds is 4. The number of anilines is 1. The average molecular weight is 581 g/mol. The number of carbonyl (C=O) groups is 3. The van der Waals surface area contributed by atoms with Crippen molar-refractivity contribution in [1.29, 1.82) is 0 Å². The summed E-state index contributed by atoms with van der Waals surface area (Å²) in [5.41, 5.74) is 2.32. The first kappa shape index (κ1) is 23.3. The molecule has 1 aromatic heterocycles. The van der Waals surface area contributed by atoms with Crippen molar-refractivity contribution in [3.05, 3.63) is 128 Å². The van der Waals surface area contributed by atoms with Crippen LogP contribution >= 0.6 is 27.3 Å². The number of nitrogens with zero attached hydrogens (tertiary/aromatic N) is 1. The van der Waals surface area contributed by atoms with Gasteiger partial charge in [0.05, 0.1) is 16.8 Å².